The summed E-state index contributed by atoms with van der Waals surface area (Å²) in [6.07, 6.45) is 4.14. The Morgan fingerprint density at radius 2 is 1.78 bits per heavy atom. The molecule has 1 aromatic heterocycles. The molecule has 0 saturated carbocycles. The Bertz CT molecular complexity index is 1270. The lowest BCUT2D eigenvalue weighted by Gasteiger charge is -2.26. The van der Waals surface area contributed by atoms with Crippen LogP contribution in [-0.2, 0) is 16.1 Å². The molecular formula is C28H28N2O6. The van der Waals surface area contributed by atoms with Crippen LogP contribution in [0.1, 0.15) is 36.1 Å². The van der Waals surface area contributed by atoms with Gasteiger partial charge in [-0.15, -0.1) is 0 Å². The van der Waals surface area contributed by atoms with Crippen LogP contribution in [0.25, 0.3) is 5.76 Å². The molecule has 2 aromatic carbocycles. The molecule has 4 rings (SSSR count). The summed E-state index contributed by atoms with van der Waals surface area (Å²) in [5.41, 5.74) is 1.75. The highest BCUT2D eigenvalue weighted by atomic mass is 16.5. The Labute approximate surface area is 209 Å². The smallest absolute Gasteiger partial charge is 0.295 e. The maximum absolute atomic E-state index is 13.3. The predicted molar refractivity (Wildman–Crippen MR) is 134 cm³/mol. The molecule has 3 aromatic rings. The highest BCUT2D eigenvalue weighted by molar-refractivity contribution is 6.46. The summed E-state index contributed by atoms with van der Waals surface area (Å²) in [6, 6.07) is 14.7. The molecule has 1 fully saturated rings. The average molecular weight is 489 g/mol. The van der Waals surface area contributed by atoms with Gasteiger partial charge in [0, 0.05) is 24.5 Å². The third-order valence-electron chi connectivity index (χ3n) is 5.94. The number of rotatable bonds is 9. The number of ketones is 1. The van der Waals surface area contributed by atoms with E-state index in [0.29, 0.717) is 35.0 Å². The number of ether oxygens (including phenoxy) is 3. The van der Waals surface area contributed by atoms with Crippen LogP contribution in [0.2, 0.25) is 0 Å². The van der Waals surface area contributed by atoms with Crippen molar-refractivity contribution in [2.45, 2.75) is 25.9 Å². The van der Waals surface area contributed by atoms with Crippen molar-refractivity contribution in [1.29, 1.82) is 0 Å². The first-order chi connectivity index (χ1) is 17.5. The zero-order valence-corrected chi connectivity index (χ0v) is 20.4. The summed E-state index contributed by atoms with van der Waals surface area (Å²) in [5.74, 6) is -0.121. The van der Waals surface area contributed by atoms with Gasteiger partial charge in [0.25, 0.3) is 11.7 Å². The van der Waals surface area contributed by atoms with Crippen LogP contribution < -0.4 is 14.2 Å². The third kappa shape index (κ3) is 4.88. The molecule has 2 heterocycles. The normalized spacial score (nSPS) is 16.8. The molecule has 0 unspecified atom stereocenters. The van der Waals surface area contributed by atoms with Gasteiger partial charge in [-0.25, -0.2) is 0 Å². The maximum atomic E-state index is 13.3. The molecule has 1 aliphatic heterocycles. The summed E-state index contributed by atoms with van der Waals surface area (Å²) >= 11 is 0. The Kier molecular flexibility index (Phi) is 7.53. The monoisotopic (exact) mass is 488 g/mol. The van der Waals surface area contributed by atoms with Gasteiger partial charge in [-0.3, -0.25) is 14.6 Å². The van der Waals surface area contributed by atoms with E-state index in [9.17, 15) is 14.7 Å². The summed E-state index contributed by atoms with van der Waals surface area (Å²) in [4.78, 5) is 32.1. The lowest BCUT2D eigenvalue weighted by molar-refractivity contribution is -0.140. The number of aliphatic hydroxyl groups excluding tert-OH is 1. The van der Waals surface area contributed by atoms with Crippen LogP contribution in [-0.4, -0.2) is 47.5 Å². The van der Waals surface area contributed by atoms with Crippen LogP contribution in [0.5, 0.6) is 17.2 Å². The molecule has 0 aliphatic carbocycles. The first kappa shape index (κ1) is 24.8. The number of benzene rings is 2. The first-order valence-electron chi connectivity index (χ1n) is 11.6. The van der Waals surface area contributed by atoms with Gasteiger partial charge in [-0.2, -0.15) is 0 Å². The molecule has 8 heteroatoms. The second-order valence-electron chi connectivity index (χ2n) is 8.28. The van der Waals surface area contributed by atoms with E-state index in [0.717, 1.165) is 12.0 Å². The number of carbonyl (C=O) groups excluding carboxylic acids is 2. The fraction of sp³-hybridized carbons (Fsp3) is 0.250. The Hall–Kier alpha value is -4.33. The zero-order chi connectivity index (χ0) is 25.7. The second kappa shape index (κ2) is 10.9. The van der Waals surface area contributed by atoms with Crippen LogP contribution in [0.3, 0.4) is 0 Å². The summed E-state index contributed by atoms with van der Waals surface area (Å²) in [6.45, 7) is 2.72. The van der Waals surface area contributed by atoms with Crippen molar-refractivity contribution in [3.63, 3.8) is 0 Å². The number of hydrogen-bond donors (Lipinski definition) is 1. The van der Waals surface area contributed by atoms with Crippen LogP contribution in [0, 0.1) is 0 Å². The molecular weight excluding hydrogens is 460 g/mol. The molecule has 0 radical (unpaired) electrons. The minimum absolute atomic E-state index is 0.00154. The highest BCUT2D eigenvalue weighted by Crippen LogP contribution is 2.42. The van der Waals surface area contributed by atoms with Crippen molar-refractivity contribution in [3.05, 3.63) is 89.3 Å². The Morgan fingerprint density at radius 3 is 2.42 bits per heavy atom. The number of methoxy groups -OCH3 is 2. The van der Waals surface area contributed by atoms with E-state index in [4.69, 9.17) is 14.2 Å². The molecule has 1 N–H and O–H groups in total. The lowest BCUT2D eigenvalue weighted by atomic mass is 9.94. The number of amides is 1. The summed E-state index contributed by atoms with van der Waals surface area (Å²) in [5, 5.41) is 11.3. The number of hydrogen-bond acceptors (Lipinski definition) is 7. The van der Waals surface area contributed by atoms with Gasteiger partial charge in [0.15, 0.2) is 11.5 Å². The highest BCUT2D eigenvalue weighted by Gasteiger charge is 2.46. The minimum atomic E-state index is -0.846. The molecule has 0 bridgehead atoms. The van der Waals surface area contributed by atoms with E-state index in [1.54, 1.807) is 60.9 Å². The Morgan fingerprint density at radius 1 is 1.03 bits per heavy atom. The molecule has 0 spiro atoms. The van der Waals surface area contributed by atoms with Crippen molar-refractivity contribution in [3.8, 4) is 17.2 Å². The molecule has 1 amide bonds. The first-order valence-corrected chi connectivity index (χ1v) is 11.6. The minimum Gasteiger partial charge on any atom is -0.507 e. The summed E-state index contributed by atoms with van der Waals surface area (Å²) < 4.78 is 16.4. The molecule has 1 saturated heterocycles. The third-order valence-corrected chi connectivity index (χ3v) is 5.94. The lowest BCUT2D eigenvalue weighted by Crippen LogP contribution is -2.29. The molecule has 8 nitrogen and oxygen atoms in total. The van der Waals surface area contributed by atoms with E-state index < -0.39 is 17.7 Å². The number of pyridine rings is 1. The quantitative estimate of drug-likeness (QED) is 0.269. The topological polar surface area (TPSA) is 98.2 Å². The van der Waals surface area contributed by atoms with Gasteiger partial charge in [0.1, 0.15) is 11.5 Å². The van der Waals surface area contributed by atoms with Crippen molar-refractivity contribution >= 4 is 17.4 Å². The predicted octanol–water partition coefficient (Wildman–Crippen LogP) is 4.51. The number of carbonyl (C=O) groups is 2. The van der Waals surface area contributed by atoms with Crippen molar-refractivity contribution in [2.75, 3.05) is 20.8 Å². The number of aliphatic hydroxyl groups is 1. The number of aromatic nitrogens is 1. The zero-order valence-electron chi connectivity index (χ0n) is 20.4. The fourth-order valence-electron chi connectivity index (χ4n) is 4.19. The average Bonchev–Trinajstić information content (AvgIpc) is 3.16. The van der Waals surface area contributed by atoms with Gasteiger partial charge in [-0.05, 0) is 60.0 Å². The largest absolute Gasteiger partial charge is 0.507 e. The number of nitrogens with zero attached hydrogens (tertiary/aromatic N) is 2. The van der Waals surface area contributed by atoms with E-state index >= 15 is 0 Å². The molecule has 36 heavy (non-hydrogen) atoms. The number of likely N-dealkylation sites (tertiary alicyclic amines) is 1. The number of Topliss-reactive ketones (excluding diaryl/α,β-unsaturated/α-hetero) is 1. The van der Waals surface area contributed by atoms with Gasteiger partial charge in [-0.1, -0.05) is 19.1 Å². The van der Waals surface area contributed by atoms with Gasteiger partial charge in [0.05, 0.1) is 32.4 Å². The van der Waals surface area contributed by atoms with Crippen molar-refractivity contribution in [1.82, 2.24) is 9.88 Å². The van der Waals surface area contributed by atoms with E-state index in [-0.39, 0.29) is 17.9 Å². The molecule has 186 valence electrons. The SMILES string of the molecule is CCCOc1ccc(C(O)=C2C(=O)C(=O)N(Cc3cccnc3)[C@H]2c2ccc(OC)c(OC)c2)cc1. The molecule has 1 atom stereocenters. The fourth-order valence-corrected chi connectivity index (χ4v) is 4.19. The van der Waals surface area contributed by atoms with E-state index in [2.05, 4.69) is 4.98 Å². The van der Waals surface area contributed by atoms with Crippen molar-refractivity contribution < 1.29 is 28.9 Å². The van der Waals surface area contributed by atoms with Gasteiger partial charge in [0.2, 0.25) is 0 Å². The molecule has 1 aliphatic rings. The van der Waals surface area contributed by atoms with E-state index in [1.807, 2.05) is 13.0 Å². The Balaban J connectivity index is 1.82. The van der Waals surface area contributed by atoms with Crippen LogP contribution in [0.15, 0.2) is 72.6 Å². The van der Waals surface area contributed by atoms with Crippen LogP contribution in [0.4, 0.5) is 0 Å². The van der Waals surface area contributed by atoms with Crippen molar-refractivity contribution in [2.24, 2.45) is 0 Å². The van der Waals surface area contributed by atoms with Gasteiger partial charge < -0.3 is 24.2 Å². The second-order valence-corrected chi connectivity index (χ2v) is 8.28. The van der Waals surface area contributed by atoms with Crippen LogP contribution >= 0.6 is 0 Å². The standard InChI is InChI=1S/C28H28N2O6/c1-4-14-36-21-10-7-19(8-11-21)26(31)24-25(20-9-12-22(34-2)23(15-20)35-3)30(28(33)27(24)32)17-18-6-5-13-29-16-18/h5-13,15-16,25,31H,4,14,17H2,1-3H3/t25-/m0/s1. The maximum Gasteiger partial charge on any atom is 0.295 e. The van der Waals surface area contributed by atoms with E-state index in [1.165, 1.54) is 19.1 Å². The van der Waals surface area contributed by atoms with Gasteiger partial charge >= 0.3 is 0 Å². The summed E-state index contributed by atoms with van der Waals surface area (Å²) in [7, 11) is 3.04.